The van der Waals surface area contributed by atoms with Crippen molar-refractivity contribution in [2.45, 2.75) is 12.6 Å². The van der Waals surface area contributed by atoms with Gasteiger partial charge in [-0.2, -0.15) is 0 Å². The summed E-state index contributed by atoms with van der Waals surface area (Å²) in [5.74, 6) is -2.27. The third-order valence-corrected chi connectivity index (χ3v) is 6.50. The number of rotatable bonds is 5. The van der Waals surface area contributed by atoms with Gasteiger partial charge >= 0.3 is 5.97 Å². The minimum absolute atomic E-state index is 0.0304. The summed E-state index contributed by atoms with van der Waals surface area (Å²) in [7, 11) is 1.29. The summed E-state index contributed by atoms with van der Waals surface area (Å²) >= 11 is 0. The molecule has 7 heteroatoms. The molecule has 4 aromatic carbocycles. The van der Waals surface area contributed by atoms with E-state index in [2.05, 4.69) is 0 Å². The summed E-state index contributed by atoms with van der Waals surface area (Å²) in [5, 5.41) is 23.0. The number of aromatic hydroxyl groups is 1. The van der Waals surface area contributed by atoms with E-state index < -0.39 is 23.7 Å². The zero-order valence-corrected chi connectivity index (χ0v) is 19.9. The Kier molecular flexibility index (Phi) is 6.19. The number of fused-ring (bicyclic) bond motifs is 1. The van der Waals surface area contributed by atoms with Crippen LogP contribution in [0.1, 0.15) is 33.1 Å². The average Bonchev–Trinajstić information content (AvgIpc) is 3.17. The molecular weight excluding hydrogens is 470 g/mol. The minimum Gasteiger partial charge on any atom is -0.508 e. The summed E-state index contributed by atoms with van der Waals surface area (Å²) in [4.78, 5) is 39.7. The Morgan fingerprint density at radius 3 is 2.19 bits per heavy atom. The third kappa shape index (κ3) is 4.43. The van der Waals surface area contributed by atoms with Crippen molar-refractivity contribution in [1.82, 2.24) is 4.90 Å². The Morgan fingerprint density at radius 2 is 1.51 bits per heavy atom. The van der Waals surface area contributed by atoms with Crippen molar-refractivity contribution in [3.05, 3.63) is 119 Å². The molecule has 0 radical (unpaired) electrons. The Hall–Kier alpha value is -4.91. The predicted octanol–water partition coefficient (Wildman–Crippen LogP) is 4.95. The van der Waals surface area contributed by atoms with Gasteiger partial charge < -0.3 is 19.8 Å². The number of nitrogens with zero attached hydrogens (tertiary/aromatic N) is 1. The second-order valence-electron chi connectivity index (χ2n) is 8.77. The second kappa shape index (κ2) is 9.62. The number of likely N-dealkylation sites (tertiary alicyclic amines) is 1. The van der Waals surface area contributed by atoms with Crippen LogP contribution in [0.5, 0.6) is 5.75 Å². The molecule has 0 aliphatic carbocycles. The summed E-state index contributed by atoms with van der Waals surface area (Å²) < 4.78 is 4.73. The molecule has 1 fully saturated rings. The molecule has 4 aromatic rings. The van der Waals surface area contributed by atoms with E-state index in [4.69, 9.17) is 4.74 Å². The number of carbonyl (C=O) groups excluding carboxylic acids is 3. The van der Waals surface area contributed by atoms with E-state index in [1.54, 1.807) is 48.5 Å². The van der Waals surface area contributed by atoms with Crippen LogP contribution in [0.4, 0.5) is 0 Å². The lowest BCUT2D eigenvalue weighted by atomic mass is 9.94. The van der Waals surface area contributed by atoms with Gasteiger partial charge in [0.25, 0.3) is 11.7 Å². The number of hydrogen-bond acceptors (Lipinski definition) is 6. The maximum absolute atomic E-state index is 13.3. The third-order valence-electron chi connectivity index (χ3n) is 6.50. The molecule has 1 aliphatic rings. The number of benzene rings is 4. The minimum atomic E-state index is -0.882. The highest BCUT2D eigenvalue weighted by molar-refractivity contribution is 6.46. The number of Topliss-reactive ketones (excluding diaryl/α,β-unsaturated/α-hetero) is 1. The van der Waals surface area contributed by atoms with Crippen LogP contribution in [0.15, 0.2) is 96.6 Å². The molecule has 1 heterocycles. The van der Waals surface area contributed by atoms with E-state index >= 15 is 0 Å². The zero-order chi connectivity index (χ0) is 26.1. The number of esters is 1. The Bertz CT molecular complexity index is 1550. The number of amides is 1. The molecule has 0 aromatic heterocycles. The summed E-state index contributed by atoms with van der Waals surface area (Å²) in [6, 6.07) is 24.8. The number of carbonyl (C=O) groups is 3. The van der Waals surface area contributed by atoms with Crippen LogP contribution < -0.4 is 0 Å². The van der Waals surface area contributed by atoms with Crippen molar-refractivity contribution in [2.24, 2.45) is 0 Å². The van der Waals surface area contributed by atoms with E-state index in [1.165, 1.54) is 24.1 Å². The van der Waals surface area contributed by atoms with Gasteiger partial charge in [-0.05, 0) is 52.2 Å². The van der Waals surface area contributed by atoms with Gasteiger partial charge in [-0.15, -0.1) is 0 Å². The molecule has 5 rings (SSSR count). The van der Waals surface area contributed by atoms with E-state index in [0.29, 0.717) is 22.3 Å². The first-order valence-electron chi connectivity index (χ1n) is 11.6. The summed E-state index contributed by atoms with van der Waals surface area (Å²) in [6.45, 7) is 0.0616. The fourth-order valence-electron chi connectivity index (χ4n) is 4.60. The monoisotopic (exact) mass is 493 g/mol. The Morgan fingerprint density at radius 1 is 0.865 bits per heavy atom. The summed E-state index contributed by atoms with van der Waals surface area (Å²) in [5.41, 5.74) is 1.99. The average molecular weight is 494 g/mol. The first kappa shape index (κ1) is 23.8. The van der Waals surface area contributed by atoms with Gasteiger partial charge in [-0.25, -0.2) is 4.79 Å². The highest BCUT2D eigenvalue weighted by atomic mass is 16.5. The molecule has 0 saturated carbocycles. The van der Waals surface area contributed by atoms with Crippen LogP contribution in [0.2, 0.25) is 0 Å². The molecular formula is C30H23NO6. The molecule has 1 saturated heterocycles. The molecule has 1 aliphatic heterocycles. The number of ketones is 1. The highest BCUT2D eigenvalue weighted by Gasteiger charge is 2.46. The zero-order valence-electron chi connectivity index (χ0n) is 19.9. The van der Waals surface area contributed by atoms with Crippen LogP contribution in [-0.4, -0.2) is 39.9 Å². The van der Waals surface area contributed by atoms with Gasteiger partial charge in [-0.3, -0.25) is 9.59 Å². The fourth-order valence-corrected chi connectivity index (χ4v) is 4.60. The van der Waals surface area contributed by atoms with Gasteiger partial charge in [0.1, 0.15) is 11.5 Å². The van der Waals surface area contributed by atoms with Gasteiger partial charge in [-0.1, -0.05) is 60.7 Å². The lowest BCUT2D eigenvalue weighted by Gasteiger charge is -2.25. The van der Waals surface area contributed by atoms with Gasteiger partial charge in [0.05, 0.1) is 24.3 Å². The molecule has 1 atom stereocenters. The number of ether oxygens (including phenoxy) is 1. The van der Waals surface area contributed by atoms with Gasteiger partial charge in [0.15, 0.2) is 0 Å². The quantitative estimate of drug-likeness (QED) is 0.176. The van der Waals surface area contributed by atoms with E-state index in [1.807, 2.05) is 30.3 Å². The topological polar surface area (TPSA) is 104 Å². The fraction of sp³-hybridized carbons (Fsp3) is 0.100. The van der Waals surface area contributed by atoms with Crippen molar-refractivity contribution in [3.63, 3.8) is 0 Å². The van der Waals surface area contributed by atoms with Crippen molar-refractivity contribution >= 4 is 34.2 Å². The summed E-state index contributed by atoms with van der Waals surface area (Å²) in [6.07, 6.45) is 0. The predicted molar refractivity (Wildman–Crippen MR) is 138 cm³/mol. The molecule has 0 spiro atoms. The lowest BCUT2D eigenvalue weighted by molar-refractivity contribution is -0.140. The van der Waals surface area contributed by atoms with Gasteiger partial charge in [0, 0.05) is 12.1 Å². The van der Waals surface area contributed by atoms with Crippen molar-refractivity contribution in [1.29, 1.82) is 0 Å². The van der Waals surface area contributed by atoms with E-state index in [-0.39, 0.29) is 23.6 Å². The number of hydrogen-bond donors (Lipinski definition) is 2. The second-order valence-corrected chi connectivity index (χ2v) is 8.77. The molecule has 1 unspecified atom stereocenters. The van der Waals surface area contributed by atoms with Crippen LogP contribution >= 0.6 is 0 Å². The molecule has 0 bridgehead atoms. The first-order chi connectivity index (χ1) is 17.9. The number of aliphatic hydroxyl groups is 1. The number of methoxy groups -OCH3 is 1. The Labute approximate surface area is 212 Å². The highest BCUT2D eigenvalue weighted by Crippen LogP contribution is 2.41. The van der Waals surface area contributed by atoms with Crippen LogP contribution in [-0.2, 0) is 20.9 Å². The molecule has 7 nitrogen and oxygen atoms in total. The maximum Gasteiger partial charge on any atom is 0.337 e. The molecule has 184 valence electrons. The molecule has 37 heavy (non-hydrogen) atoms. The largest absolute Gasteiger partial charge is 0.508 e. The smallest absolute Gasteiger partial charge is 0.337 e. The standard InChI is InChI=1S/C30H23NO6/c1-37-30(36)21-8-6-18(7-9-21)17-31-26(20-12-14-24(32)15-13-20)25(28(34)29(31)35)27(33)23-11-10-19-4-2-3-5-22(19)16-23/h2-16,26,32-33H,17H2,1H3/b27-25-. The van der Waals surface area contributed by atoms with Gasteiger partial charge in [0.2, 0.25) is 0 Å². The molecule has 1 amide bonds. The van der Waals surface area contributed by atoms with E-state index in [9.17, 15) is 24.6 Å². The van der Waals surface area contributed by atoms with Crippen molar-refractivity contribution in [3.8, 4) is 5.75 Å². The number of phenols is 1. The molecule has 2 N–H and O–H groups in total. The number of phenolic OH excluding ortho intramolecular Hbond substituents is 1. The normalized spacial score (nSPS) is 16.8. The maximum atomic E-state index is 13.3. The van der Waals surface area contributed by atoms with Crippen LogP contribution in [0, 0.1) is 0 Å². The SMILES string of the molecule is COC(=O)c1ccc(CN2C(=O)C(=O)/C(=C(\O)c3ccc4ccccc4c3)C2c2ccc(O)cc2)cc1. The van der Waals surface area contributed by atoms with Crippen molar-refractivity contribution < 1.29 is 29.3 Å². The Balaban J connectivity index is 1.60. The van der Waals surface area contributed by atoms with Crippen LogP contribution in [0.3, 0.4) is 0 Å². The number of aliphatic hydroxyl groups excluding tert-OH is 1. The first-order valence-corrected chi connectivity index (χ1v) is 11.6. The van der Waals surface area contributed by atoms with Crippen molar-refractivity contribution in [2.75, 3.05) is 7.11 Å². The van der Waals surface area contributed by atoms with E-state index in [0.717, 1.165) is 10.8 Å². The van der Waals surface area contributed by atoms with Crippen LogP contribution in [0.25, 0.3) is 16.5 Å². The lowest BCUT2D eigenvalue weighted by Crippen LogP contribution is -2.29.